The number of benzene rings is 1. The molecule has 1 saturated heterocycles. The second-order valence-corrected chi connectivity index (χ2v) is 8.78. The maximum absolute atomic E-state index is 13.4. The zero-order valence-corrected chi connectivity index (χ0v) is 16.6. The topological polar surface area (TPSA) is 90.4 Å². The molecule has 3 aliphatic heterocycles. The van der Waals surface area contributed by atoms with Crippen molar-refractivity contribution in [1.29, 1.82) is 0 Å². The van der Waals surface area contributed by atoms with Crippen molar-refractivity contribution in [3.05, 3.63) is 59.3 Å². The van der Waals surface area contributed by atoms with E-state index in [-0.39, 0.29) is 61.4 Å². The Bertz CT molecular complexity index is 1110. The molecule has 0 aliphatic carbocycles. The van der Waals surface area contributed by atoms with Crippen molar-refractivity contribution < 1.29 is 26.8 Å². The third-order valence-corrected chi connectivity index (χ3v) is 6.26. The van der Waals surface area contributed by atoms with Crippen molar-refractivity contribution in [2.24, 2.45) is 4.40 Å². The number of carbonyl (C=O) groups is 2. The summed E-state index contributed by atoms with van der Waals surface area (Å²) in [5.74, 6) is -2.96. The number of piperazine rings is 1. The summed E-state index contributed by atoms with van der Waals surface area (Å²) in [4.78, 5) is 30.1. The molecule has 0 N–H and O–H groups in total. The number of sulfonamides is 1. The Morgan fingerprint density at radius 3 is 2.27 bits per heavy atom. The number of rotatable bonds is 2. The van der Waals surface area contributed by atoms with E-state index in [2.05, 4.69) is 4.40 Å². The Kier molecular flexibility index (Phi) is 5.14. The molecule has 0 saturated carbocycles. The summed E-state index contributed by atoms with van der Waals surface area (Å²) >= 11 is 0. The van der Waals surface area contributed by atoms with Gasteiger partial charge in [0.2, 0.25) is 0 Å². The van der Waals surface area contributed by atoms with E-state index in [0.717, 1.165) is 12.1 Å². The lowest BCUT2D eigenvalue weighted by Crippen LogP contribution is -2.52. The zero-order chi connectivity index (χ0) is 21.5. The van der Waals surface area contributed by atoms with Gasteiger partial charge in [-0.1, -0.05) is 0 Å². The zero-order valence-electron chi connectivity index (χ0n) is 15.8. The van der Waals surface area contributed by atoms with Crippen molar-refractivity contribution in [2.75, 3.05) is 38.5 Å². The normalized spacial score (nSPS) is 20.4. The van der Waals surface area contributed by atoms with E-state index < -0.39 is 27.6 Å². The molecule has 1 aromatic carbocycles. The number of carbonyl (C=O) groups excluding carboxylic acids is 2. The van der Waals surface area contributed by atoms with E-state index in [0.29, 0.717) is 0 Å². The monoisotopic (exact) mass is 436 g/mol. The van der Waals surface area contributed by atoms with Gasteiger partial charge in [0.25, 0.3) is 21.8 Å². The first-order valence-corrected chi connectivity index (χ1v) is 10.9. The van der Waals surface area contributed by atoms with Crippen LogP contribution in [0.3, 0.4) is 0 Å². The highest BCUT2D eigenvalue weighted by Crippen LogP contribution is 2.20. The van der Waals surface area contributed by atoms with Gasteiger partial charge in [-0.15, -0.1) is 4.40 Å². The average molecular weight is 436 g/mol. The average Bonchev–Trinajstić information content (AvgIpc) is 2.74. The number of nitrogens with zero attached hydrogens (tertiary/aromatic N) is 4. The van der Waals surface area contributed by atoms with Crippen molar-refractivity contribution in [2.45, 2.75) is 0 Å². The van der Waals surface area contributed by atoms with Gasteiger partial charge in [0.15, 0.2) is 17.5 Å². The van der Waals surface area contributed by atoms with Gasteiger partial charge in [-0.3, -0.25) is 9.59 Å². The molecular formula is C19H18F2N4O4S. The van der Waals surface area contributed by atoms with E-state index in [1.54, 1.807) is 17.2 Å². The minimum Gasteiger partial charge on any atom is -0.335 e. The van der Waals surface area contributed by atoms with Gasteiger partial charge in [0.05, 0.1) is 11.3 Å². The molecule has 158 valence electrons. The van der Waals surface area contributed by atoms with Gasteiger partial charge < -0.3 is 14.7 Å². The number of halogens is 2. The van der Waals surface area contributed by atoms with E-state index in [4.69, 9.17) is 0 Å². The molecule has 4 rings (SSSR count). The van der Waals surface area contributed by atoms with Crippen LogP contribution in [0.15, 0.2) is 46.5 Å². The molecule has 30 heavy (non-hydrogen) atoms. The molecule has 2 amide bonds. The quantitative estimate of drug-likeness (QED) is 0.683. The van der Waals surface area contributed by atoms with Crippen LogP contribution in [0.1, 0.15) is 10.4 Å². The highest BCUT2D eigenvalue weighted by molar-refractivity contribution is 7.90. The third kappa shape index (κ3) is 3.84. The van der Waals surface area contributed by atoms with Crippen LogP contribution in [-0.2, 0) is 14.8 Å². The van der Waals surface area contributed by atoms with Crippen molar-refractivity contribution >= 4 is 27.7 Å². The van der Waals surface area contributed by atoms with Crippen LogP contribution in [0, 0.1) is 11.6 Å². The third-order valence-electron chi connectivity index (χ3n) is 5.11. The molecule has 0 aromatic heterocycles. The second-order valence-electron chi connectivity index (χ2n) is 7.03. The van der Waals surface area contributed by atoms with E-state index in [1.807, 2.05) is 0 Å². The smallest absolute Gasteiger partial charge is 0.257 e. The number of hydrogen-bond acceptors (Lipinski definition) is 5. The SMILES string of the molecule is O=C(C1=CC=CN2CCS(=O)(=O)N=C12)N1CCN(C(=O)c2ccc(F)c(F)c2)CC1. The first-order chi connectivity index (χ1) is 14.2. The fraction of sp³-hybridized carbons (Fsp3) is 0.316. The summed E-state index contributed by atoms with van der Waals surface area (Å²) in [5.41, 5.74) is 0.215. The summed E-state index contributed by atoms with van der Waals surface area (Å²) in [6.45, 7) is 1.08. The minimum absolute atomic E-state index is 0.0335. The van der Waals surface area contributed by atoms with Gasteiger partial charge in [-0.2, -0.15) is 0 Å². The Balaban J connectivity index is 1.45. The van der Waals surface area contributed by atoms with Gasteiger partial charge in [0, 0.05) is 44.5 Å². The highest BCUT2D eigenvalue weighted by atomic mass is 32.2. The molecular weight excluding hydrogens is 418 g/mol. The van der Waals surface area contributed by atoms with Crippen LogP contribution in [-0.4, -0.2) is 79.2 Å². The molecule has 0 bridgehead atoms. The lowest BCUT2D eigenvalue weighted by atomic mass is 10.1. The maximum atomic E-state index is 13.4. The van der Waals surface area contributed by atoms with Gasteiger partial charge in [-0.05, 0) is 30.4 Å². The highest BCUT2D eigenvalue weighted by Gasteiger charge is 2.33. The van der Waals surface area contributed by atoms with Gasteiger partial charge in [-0.25, -0.2) is 17.2 Å². The lowest BCUT2D eigenvalue weighted by Gasteiger charge is -2.36. The minimum atomic E-state index is -3.62. The fourth-order valence-electron chi connectivity index (χ4n) is 3.48. The molecule has 1 aromatic rings. The molecule has 0 unspecified atom stereocenters. The molecule has 3 aliphatic rings. The van der Waals surface area contributed by atoms with Crippen LogP contribution < -0.4 is 0 Å². The number of allylic oxidation sites excluding steroid dienone is 2. The van der Waals surface area contributed by atoms with Gasteiger partial charge in [0.1, 0.15) is 0 Å². The van der Waals surface area contributed by atoms with Crippen LogP contribution in [0.25, 0.3) is 0 Å². The molecule has 0 spiro atoms. The molecule has 3 heterocycles. The van der Waals surface area contributed by atoms with Crippen molar-refractivity contribution in [3.8, 4) is 0 Å². The molecule has 8 nitrogen and oxygen atoms in total. The van der Waals surface area contributed by atoms with Crippen molar-refractivity contribution in [1.82, 2.24) is 14.7 Å². The Labute approximate surface area is 171 Å². The van der Waals surface area contributed by atoms with Crippen LogP contribution in [0.5, 0.6) is 0 Å². The summed E-state index contributed by atoms with van der Waals surface area (Å²) in [6, 6.07) is 2.97. The predicted octanol–water partition coefficient (Wildman–Crippen LogP) is 0.747. The number of amides is 2. The lowest BCUT2D eigenvalue weighted by molar-refractivity contribution is -0.128. The van der Waals surface area contributed by atoms with Gasteiger partial charge >= 0.3 is 0 Å². The van der Waals surface area contributed by atoms with Crippen molar-refractivity contribution in [3.63, 3.8) is 0 Å². The predicted molar refractivity (Wildman–Crippen MR) is 104 cm³/mol. The first kappa shape index (κ1) is 20.2. The Hall–Kier alpha value is -3.08. The van der Waals surface area contributed by atoms with E-state index in [9.17, 15) is 26.8 Å². The van der Waals surface area contributed by atoms with Crippen LogP contribution in [0.4, 0.5) is 8.78 Å². The number of fused-ring (bicyclic) bond motifs is 1. The number of hydrogen-bond donors (Lipinski definition) is 0. The molecule has 11 heteroatoms. The van der Waals surface area contributed by atoms with E-state index in [1.165, 1.54) is 21.9 Å². The first-order valence-electron chi connectivity index (χ1n) is 9.27. The summed E-state index contributed by atoms with van der Waals surface area (Å²) in [5, 5.41) is 0. The van der Waals surface area contributed by atoms with E-state index >= 15 is 0 Å². The standard InChI is InChI=1S/C19H18F2N4O4S/c20-15-4-3-13(12-16(15)21)18(26)24-6-8-25(9-7-24)19(27)14-2-1-5-23-10-11-30(28,29)22-17(14)23/h1-5,12H,6-11H2. The largest absolute Gasteiger partial charge is 0.335 e. The fourth-order valence-corrected chi connectivity index (χ4v) is 4.46. The van der Waals surface area contributed by atoms with Crippen LogP contribution >= 0.6 is 0 Å². The molecule has 0 radical (unpaired) electrons. The van der Waals surface area contributed by atoms with Crippen LogP contribution in [0.2, 0.25) is 0 Å². The summed E-state index contributed by atoms with van der Waals surface area (Å²) in [6.07, 6.45) is 4.85. The summed E-state index contributed by atoms with van der Waals surface area (Å²) in [7, 11) is -3.62. The molecule has 1 fully saturated rings. The molecule has 0 atom stereocenters. The number of amidine groups is 1. The summed E-state index contributed by atoms with van der Waals surface area (Å²) < 4.78 is 54.0. The second kappa shape index (κ2) is 7.63. The Morgan fingerprint density at radius 1 is 0.933 bits per heavy atom. The Morgan fingerprint density at radius 2 is 1.60 bits per heavy atom. The maximum Gasteiger partial charge on any atom is 0.257 e.